The van der Waals surface area contributed by atoms with E-state index < -0.39 is 17.8 Å². The number of nitrogens with two attached hydrogens (primary N) is 1. The molecule has 3 N–H and O–H groups in total. The van der Waals surface area contributed by atoms with Crippen molar-refractivity contribution in [2.24, 2.45) is 0 Å². The van der Waals surface area contributed by atoms with Crippen LogP contribution in [0.2, 0.25) is 0 Å². The smallest absolute Gasteiger partial charge is 0.416 e. The fraction of sp³-hybridized carbons (Fsp3) is 0.250. The van der Waals surface area contributed by atoms with Gasteiger partial charge >= 0.3 is 12.3 Å². The Kier molecular flexibility index (Phi) is 6.77. The fourth-order valence-corrected chi connectivity index (χ4v) is 2.51. The van der Waals surface area contributed by atoms with E-state index in [1.54, 1.807) is 30.0 Å². The van der Waals surface area contributed by atoms with E-state index in [2.05, 4.69) is 11.2 Å². The lowest BCUT2D eigenvalue weighted by Crippen LogP contribution is -2.23. The minimum Gasteiger partial charge on any atom is -0.450 e. The van der Waals surface area contributed by atoms with Gasteiger partial charge in [-0.15, -0.1) is 6.42 Å². The number of nitrogen functional groups attached to an aromatic ring is 1. The normalized spacial score (nSPS) is 10.8. The van der Waals surface area contributed by atoms with E-state index in [9.17, 15) is 18.0 Å². The first-order valence-electron chi connectivity index (χ1n) is 8.42. The molecular weight excluding hydrogens is 371 g/mol. The summed E-state index contributed by atoms with van der Waals surface area (Å²) < 4.78 is 42.9. The zero-order chi connectivity index (χ0) is 20.7. The van der Waals surface area contributed by atoms with Crippen molar-refractivity contribution in [2.45, 2.75) is 19.6 Å². The lowest BCUT2D eigenvalue weighted by atomic mass is 10.1. The minimum atomic E-state index is -4.38. The second-order valence-electron chi connectivity index (χ2n) is 5.87. The summed E-state index contributed by atoms with van der Waals surface area (Å²) in [7, 11) is 0. The maximum absolute atomic E-state index is 12.7. The standard InChI is InChI=1S/C20H20F3N3O2/c1-3-11-26(13-14-5-7-15(8-6-14)20(21,22)23)16-9-10-18(17(24)12-16)25-19(27)28-4-2/h1,5-10,12H,4,11,13,24H2,2H3,(H,25,27). The second kappa shape index (κ2) is 9.04. The van der Waals surface area contributed by atoms with Gasteiger partial charge in [0.25, 0.3) is 0 Å². The predicted molar refractivity (Wildman–Crippen MR) is 103 cm³/mol. The summed E-state index contributed by atoms with van der Waals surface area (Å²) in [6.45, 7) is 2.44. The van der Waals surface area contributed by atoms with Gasteiger partial charge in [-0.05, 0) is 42.8 Å². The molecule has 0 saturated carbocycles. The molecule has 148 valence electrons. The third-order valence-electron chi connectivity index (χ3n) is 3.85. The first-order chi connectivity index (χ1) is 13.2. The van der Waals surface area contributed by atoms with Crippen molar-refractivity contribution < 1.29 is 22.7 Å². The molecule has 0 aliphatic rings. The Balaban J connectivity index is 2.18. The Morgan fingerprint density at radius 2 is 1.93 bits per heavy atom. The van der Waals surface area contributed by atoms with Gasteiger partial charge < -0.3 is 15.4 Å². The number of amides is 1. The van der Waals surface area contributed by atoms with Crippen molar-refractivity contribution in [3.8, 4) is 12.3 Å². The number of terminal acetylenes is 1. The van der Waals surface area contributed by atoms with E-state index in [0.717, 1.165) is 12.1 Å². The molecule has 0 heterocycles. The molecule has 0 aromatic heterocycles. The van der Waals surface area contributed by atoms with Crippen molar-refractivity contribution in [1.82, 2.24) is 0 Å². The molecule has 2 aromatic rings. The highest BCUT2D eigenvalue weighted by atomic mass is 19.4. The average Bonchev–Trinajstić information content (AvgIpc) is 2.63. The first kappa shape index (κ1) is 21.0. The number of ether oxygens (including phenoxy) is 1. The molecule has 0 aliphatic heterocycles. The van der Waals surface area contributed by atoms with Crippen LogP contribution in [0.5, 0.6) is 0 Å². The molecule has 0 aliphatic carbocycles. The van der Waals surface area contributed by atoms with Crippen LogP contribution >= 0.6 is 0 Å². The van der Waals surface area contributed by atoms with Crippen LogP contribution in [0.3, 0.4) is 0 Å². The minimum absolute atomic E-state index is 0.227. The van der Waals surface area contributed by atoms with Crippen LogP contribution < -0.4 is 16.0 Å². The number of carbonyl (C=O) groups is 1. The van der Waals surface area contributed by atoms with Crippen molar-refractivity contribution in [3.63, 3.8) is 0 Å². The molecule has 8 heteroatoms. The largest absolute Gasteiger partial charge is 0.450 e. The molecule has 0 unspecified atom stereocenters. The molecule has 0 bridgehead atoms. The quantitative estimate of drug-likeness (QED) is 0.562. The summed E-state index contributed by atoms with van der Waals surface area (Å²) in [4.78, 5) is 13.3. The molecule has 0 atom stereocenters. The number of rotatable bonds is 6. The van der Waals surface area contributed by atoms with Crippen LogP contribution in [0.4, 0.5) is 35.0 Å². The van der Waals surface area contributed by atoms with E-state index in [1.807, 2.05) is 0 Å². The van der Waals surface area contributed by atoms with Gasteiger partial charge in [-0.1, -0.05) is 18.1 Å². The van der Waals surface area contributed by atoms with Gasteiger partial charge in [-0.25, -0.2) is 4.79 Å². The van der Waals surface area contributed by atoms with E-state index in [-0.39, 0.29) is 13.2 Å². The van der Waals surface area contributed by atoms with Crippen LogP contribution in [-0.4, -0.2) is 19.2 Å². The van der Waals surface area contributed by atoms with Crippen LogP contribution in [0.25, 0.3) is 0 Å². The van der Waals surface area contributed by atoms with Crippen LogP contribution in [0.1, 0.15) is 18.1 Å². The van der Waals surface area contributed by atoms with Gasteiger partial charge in [-0.2, -0.15) is 13.2 Å². The number of alkyl halides is 3. The van der Waals surface area contributed by atoms with Gasteiger partial charge in [-0.3, -0.25) is 5.32 Å². The Labute approximate surface area is 161 Å². The number of anilines is 3. The Morgan fingerprint density at radius 3 is 2.46 bits per heavy atom. The highest BCUT2D eigenvalue weighted by molar-refractivity contribution is 5.89. The van der Waals surface area contributed by atoms with Gasteiger partial charge in [0, 0.05) is 12.2 Å². The second-order valence-corrected chi connectivity index (χ2v) is 5.87. The number of hydrogen-bond donors (Lipinski definition) is 2. The molecule has 2 rings (SSSR count). The molecule has 2 aromatic carbocycles. The molecule has 0 radical (unpaired) electrons. The van der Waals surface area contributed by atoms with Gasteiger partial charge in [0.05, 0.1) is 30.1 Å². The summed E-state index contributed by atoms with van der Waals surface area (Å²) in [6.07, 6.45) is 0.424. The number of hydrogen-bond acceptors (Lipinski definition) is 4. The lowest BCUT2D eigenvalue weighted by molar-refractivity contribution is -0.137. The topological polar surface area (TPSA) is 67.6 Å². The third-order valence-corrected chi connectivity index (χ3v) is 3.85. The van der Waals surface area contributed by atoms with E-state index in [1.165, 1.54) is 12.1 Å². The molecular formula is C20H20F3N3O2. The molecule has 0 spiro atoms. The van der Waals surface area contributed by atoms with Crippen LogP contribution in [0, 0.1) is 12.3 Å². The molecule has 0 fully saturated rings. The monoisotopic (exact) mass is 391 g/mol. The molecule has 28 heavy (non-hydrogen) atoms. The van der Waals surface area contributed by atoms with Gasteiger partial charge in [0.15, 0.2) is 0 Å². The van der Waals surface area contributed by atoms with Crippen LogP contribution in [0.15, 0.2) is 42.5 Å². The SMILES string of the molecule is C#CCN(Cc1ccc(C(F)(F)F)cc1)c1ccc(NC(=O)OCC)c(N)c1. The highest BCUT2D eigenvalue weighted by Crippen LogP contribution is 2.30. The number of halogens is 3. The third kappa shape index (κ3) is 5.58. The maximum atomic E-state index is 12.7. The summed E-state index contributed by atoms with van der Waals surface area (Å²) >= 11 is 0. The maximum Gasteiger partial charge on any atom is 0.416 e. The Morgan fingerprint density at radius 1 is 1.25 bits per heavy atom. The van der Waals surface area contributed by atoms with E-state index in [4.69, 9.17) is 16.9 Å². The van der Waals surface area contributed by atoms with Crippen LogP contribution in [-0.2, 0) is 17.5 Å². The summed E-state index contributed by atoms with van der Waals surface area (Å²) in [5.74, 6) is 2.52. The highest BCUT2D eigenvalue weighted by Gasteiger charge is 2.29. The zero-order valence-corrected chi connectivity index (χ0v) is 15.2. The summed E-state index contributed by atoms with van der Waals surface area (Å²) in [6, 6.07) is 9.83. The molecule has 1 amide bonds. The Bertz CT molecular complexity index is 858. The lowest BCUT2D eigenvalue weighted by Gasteiger charge is -2.24. The predicted octanol–water partition coefficient (Wildman–Crippen LogP) is 4.50. The van der Waals surface area contributed by atoms with Crippen molar-refractivity contribution in [2.75, 3.05) is 29.1 Å². The summed E-state index contributed by atoms with van der Waals surface area (Å²) in [5, 5.41) is 2.53. The average molecular weight is 391 g/mol. The van der Waals surface area contributed by atoms with Gasteiger partial charge in [0.2, 0.25) is 0 Å². The van der Waals surface area contributed by atoms with Gasteiger partial charge in [0.1, 0.15) is 0 Å². The molecule has 0 saturated heterocycles. The number of benzene rings is 2. The number of nitrogens with zero attached hydrogens (tertiary/aromatic N) is 1. The van der Waals surface area contributed by atoms with Crippen molar-refractivity contribution >= 4 is 23.2 Å². The zero-order valence-electron chi connectivity index (χ0n) is 15.2. The fourth-order valence-electron chi connectivity index (χ4n) is 2.51. The van der Waals surface area contributed by atoms with Crippen molar-refractivity contribution in [1.29, 1.82) is 0 Å². The van der Waals surface area contributed by atoms with E-state index >= 15 is 0 Å². The number of carbonyl (C=O) groups excluding carboxylic acids is 1. The first-order valence-corrected chi connectivity index (χ1v) is 8.42. The number of nitrogens with one attached hydrogen (secondary N) is 1. The van der Waals surface area contributed by atoms with Crippen molar-refractivity contribution in [3.05, 3.63) is 53.6 Å². The molecule has 5 nitrogen and oxygen atoms in total. The summed E-state index contributed by atoms with van der Waals surface area (Å²) in [5.41, 5.74) is 7.30. The van der Waals surface area contributed by atoms with E-state index in [0.29, 0.717) is 29.2 Å². The Hall–Kier alpha value is -3.34.